The van der Waals surface area contributed by atoms with Crippen LogP contribution in [0.5, 0.6) is 5.75 Å². The van der Waals surface area contributed by atoms with E-state index in [1.165, 1.54) is 43.5 Å². The van der Waals surface area contributed by atoms with Crippen LogP contribution in [0, 0.1) is 0 Å². The summed E-state index contributed by atoms with van der Waals surface area (Å²) in [5, 5.41) is 32.4. The standard InChI is InChI=1S/C18H13NO3.C8H5Cl3O2.C8H6Cl2O3.Na/c20-17(14-9-3-4-10-15(14)18(21)22)19-16-11-5-7-12-6-1-2-8-13(12)16;9-5-1-2-6(10)8(11)4(5)3-7(12)13;1-13-7-5(10)3-2-4(9)6(7)8(11)12;/h1-11H,(H,19,20)(H,21,22);1-2H,3H2,(H,12,13);2-3H,1H3,(H,11,12);. The maximum absolute atomic E-state index is 12.4. The van der Waals surface area contributed by atoms with Crippen LogP contribution in [0.15, 0.2) is 91.0 Å². The molecular formula is C34H24Cl5NNaO8. The molecule has 5 rings (SSSR count). The number of aromatic carboxylic acids is 2. The van der Waals surface area contributed by atoms with Crippen molar-refractivity contribution in [2.45, 2.75) is 6.42 Å². The fraction of sp³-hybridized carbons (Fsp3) is 0.0588. The molecule has 15 heteroatoms. The number of aliphatic carboxylic acids is 1. The fourth-order valence-electron chi connectivity index (χ4n) is 4.21. The number of benzene rings is 5. The predicted molar refractivity (Wildman–Crippen MR) is 194 cm³/mol. The summed E-state index contributed by atoms with van der Waals surface area (Å²) in [6.07, 6.45) is -0.224. The Hall–Kier alpha value is -3.51. The normalized spacial score (nSPS) is 9.92. The van der Waals surface area contributed by atoms with Gasteiger partial charge in [0.1, 0.15) is 5.56 Å². The van der Waals surface area contributed by atoms with Crippen LogP contribution >= 0.6 is 58.0 Å². The number of carbonyl (C=O) groups excluding carboxylic acids is 1. The minimum atomic E-state index is -1.16. The van der Waals surface area contributed by atoms with Crippen molar-refractivity contribution in [1.29, 1.82) is 0 Å². The summed E-state index contributed by atoms with van der Waals surface area (Å²) in [7, 11) is 1.34. The van der Waals surface area contributed by atoms with Gasteiger partial charge in [-0.15, -0.1) is 0 Å². The Balaban J connectivity index is 0.000000269. The fourth-order valence-corrected chi connectivity index (χ4v) is 5.35. The maximum atomic E-state index is 12.4. The van der Waals surface area contributed by atoms with Gasteiger partial charge in [-0.1, -0.05) is 107 Å². The molecule has 5 aromatic carbocycles. The average molecular weight is 775 g/mol. The first-order chi connectivity index (χ1) is 22.8. The number of carboxylic acid groups (broad SMARTS) is 3. The van der Waals surface area contributed by atoms with Gasteiger partial charge in [0.15, 0.2) is 5.75 Å². The molecule has 0 aliphatic rings. The first-order valence-electron chi connectivity index (χ1n) is 13.5. The number of nitrogens with one attached hydrogen (secondary N) is 1. The molecule has 249 valence electrons. The molecule has 49 heavy (non-hydrogen) atoms. The third-order valence-electron chi connectivity index (χ3n) is 6.38. The van der Waals surface area contributed by atoms with Crippen LogP contribution < -0.4 is 10.1 Å². The van der Waals surface area contributed by atoms with Gasteiger partial charge < -0.3 is 25.4 Å². The van der Waals surface area contributed by atoms with Crippen LogP contribution in [0.1, 0.15) is 36.6 Å². The molecule has 0 aromatic heterocycles. The molecule has 1 amide bonds. The Kier molecular flexibility index (Phi) is 16.7. The largest absolute Gasteiger partial charge is 0.494 e. The summed E-state index contributed by atoms with van der Waals surface area (Å²) in [5.41, 5.74) is 1.02. The number of carboxylic acids is 3. The summed E-state index contributed by atoms with van der Waals surface area (Å²) in [6, 6.07) is 25.4. The zero-order chi connectivity index (χ0) is 35.5. The van der Waals surface area contributed by atoms with Crippen molar-refractivity contribution >= 4 is 128 Å². The molecule has 0 aliphatic heterocycles. The van der Waals surface area contributed by atoms with Gasteiger partial charge in [-0.2, -0.15) is 0 Å². The first kappa shape index (κ1) is 41.7. The van der Waals surface area contributed by atoms with E-state index >= 15 is 0 Å². The molecule has 0 bridgehead atoms. The van der Waals surface area contributed by atoms with Gasteiger partial charge in [0.05, 0.1) is 44.7 Å². The number of fused-ring (bicyclic) bond motifs is 1. The van der Waals surface area contributed by atoms with E-state index in [4.69, 9.17) is 73.0 Å². The number of carbonyl (C=O) groups is 4. The van der Waals surface area contributed by atoms with Gasteiger partial charge in [0.2, 0.25) is 0 Å². The molecule has 1 radical (unpaired) electrons. The van der Waals surface area contributed by atoms with Crippen molar-refractivity contribution in [1.82, 2.24) is 0 Å². The summed E-state index contributed by atoms with van der Waals surface area (Å²) in [5.74, 6) is -3.63. The minimum Gasteiger partial charge on any atom is -0.494 e. The predicted octanol–water partition coefficient (Wildman–Crippen LogP) is 9.38. The van der Waals surface area contributed by atoms with E-state index in [0.717, 1.165) is 10.8 Å². The third kappa shape index (κ3) is 11.3. The number of halogens is 5. The van der Waals surface area contributed by atoms with Gasteiger partial charge >= 0.3 is 17.9 Å². The van der Waals surface area contributed by atoms with Crippen molar-refractivity contribution in [2.75, 3.05) is 12.4 Å². The van der Waals surface area contributed by atoms with Crippen LogP contribution in [0.4, 0.5) is 5.69 Å². The van der Waals surface area contributed by atoms with E-state index < -0.39 is 23.8 Å². The van der Waals surface area contributed by atoms with E-state index in [-0.39, 0.29) is 73.5 Å². The Morgan fingerprint density at radius 1 is 0.653 bits per heavy atom. The molecule has 9 nitrogen and oxygen atoms in total. The van der Waals surface area contributed by atoms with E-state index in [1.54, 1.807) is 18.2 Å². The monoisotopic (exact) mass is 772 g/mol. The zero-order valence-corrected chi connectivity index (χ0v) is 31.4. The minimum absolute atomic E-state index is 0. The zero-order valence-electron chi connectivity index (χ0n) is 25.6. The number of hydrogen-bond donors (Lipinski definition) is 4. The number of anilines is 1. The molecule has 4 N–H and O–H groups in total. The van der Waals surface area contributed by atoms with Crippen molar-refractivity contribution in [3.05, 3.63) is 138 Å². The van der Waals surface area contributed by atoms with E-state index in [1.807, 2.05) is 36.4 Å². The second kappa shape index (κ2) is 19.6. The van der Waals surface area contributed by atoms with Crippen LogP contribution in [0.3, 0.4) is 0 Å². The summed E-state index contributed by atoms with van der Waals surface area (Å²) >= 11 is 28.5. The second-order valence-electron chi connectivity index (χ2n) is 9.47. The van der Waals surface area contributed by atoms with Gasteiger partial charge in [-0.05, 0) is 47.9 Å². The molecule has 0 aliphatic carbocycles. The number of rotatable bonds is 7. The summed E-state index contributed by atoms with van der Waals surface area (Å²) in [4.78, 5) is 44.8. The molecular weight excluding hydrogens is 751 g/mol. The quantitative estimate of drug-likeness (QED) is 0.0944. The van der Waals surface area contributed by atoms with Crippen molar-refractivity contribution in [3.8, 4) is 5.75 Å². The smallest absolute Gasteiger partial charge is 0.341 e. The van der Waals surface area contributed by atoms with E-state index in [0.29, 0.717) is 21.3 Å². The van der Waals surface area contributed by atoms with Crippen molar-refractivity contribution in [3.63, 3.8) is 0 Å². The van der Waals surface area contributed by atoms with E-state index in [2.05, 4.69) is 5.32 Å². The van der Waals surface area contributed by atoms with Crippen molar-refractivity contribution < 1.29 is 39.2 Å². The second-order valence-corrected chi connectivity index (χ2v) is 11.5. The number of hydrogen-bond acceptors (Lipinski definition) is 5. The number of methoxy groups -OCH3 is 1. The Morgan fingerprint density at radius 2 is 1.20 bits per heavy atom. The molecule has 0 saturated carbocycles. The average Bonchev–Trinajstić information content (AvgIpc) is 3.06. The molecule has 0 spiro atoms. The van der Waals surface area contributed by atoms with Gasteiger partial charge in [-0.3, -0.25) is 9.59 Å². The third-order valence-corrected chi connectivity index (χ3v) is 8.19. The van der Waals surface area contributed by atoms with Crippen LogP contribution in [0.2, 0.25) is 25.1 Å². The van der Waals surface area contributed by atoms with Gasteiger partial charge in [0, 0.05) is 51.2 Å². The first-order valence-corrected chi connectivity index (χ1v) is 15.4. The van der Waals surface area contributed by atoms with Gasteiger partial charge in [-0.25, -0.2) is 9.59 Å². The SMILES string of the molecule is COc1c(Cl)ccc(Cl)c1C(=O)O.O=C(O)Cc1c(Cl)ccc(Cl)c1Cl.O=C(O)c1ccccc1C(=O)Nc1cccc2ccccc12.[Na]. The number of ether oxygens (including phenoxy) is 1. The Labute approximate surface area is 327 Å². The molecule has 5 aromatic rings. The van der Waals surface area contributed by atoms with E-state index in [9.17, 15) is 24.3 Å². The number of amides is 1. The molecule has 0 fully saturated rings. The Bertz CT molecular complexity index is 2000. The topological polar surface area (TPSA) is 150 Å². The summed E-state index contributed by atoms with van der Waals surface area (Å²) < 4.78 is 4.82. The van der Waals surface area contributed by atoms with Crippen LogP contribution in [-0.4, -0.2) is 75.8 Å². The molecule has 0 unspecified atom stereocenters. The Morgan fingerprint density at radius 3 is 1.80 bits per heavy atom. The van der Waals surface area contributed by atoms with Gasteiger partial charge in [0.25, 0.3) is 5.91 Å². The molecule has 0 saturated heterocycles. The van der Waals surface area contributed by atoms with Crippen LogP contribution in [0.25, 0.3) is 10.8 Å². The molecule has 0 atom stereocenters. The summed E-state index contributed by atoms with van der Waals surface area (Å²) in [6.45, 7) is 0. The maximum Gasteiger partial charge on any atom is 0.341 e. The van der Waals surface area contributed by atoms with Crippen LogP contribution in [-0.2, 0) is 11.2 Å². The van der Waals surface area contributed by atoms with Crippen molar-refractivity contribution in [2.24, 2.45) is 0 Å². The molecule has 0 heterocycles.